The van der Waals surface area contributed by atoms with Crippen LogP contribution in [0.3, 0.4) is 0 Å². The summed E-state index contributed by atoms with van der Waals surface area (Å²) in [7, 11) is 0. The molecule has 0 radical (unpaired) electrons. The molecule has 0 saturated heterocycles. The quantitative estimate of drug-likeness (QED) is 0.663. The Hall–Kier alpha value is -1.36. The van der Waals surface area contributed by atoms with E-state index < -0.39 is 0 Å². The van der Waals surface area contributed by atoms with Crippen LogP contribution in [0, 0.1) is 0 Å². The van der Waals surface area contributed by atoms with Gasteiger partial charge < -0.3 is 14.2 Å². The van der Waals surface area contributed by atoms with E-state index in [1.54, 1.807) is 0 Å². The zero-order valence-corrected chi connectivity index (χ0v) is 14.4. The molecule has 23 heavy (non-hydrogen) atoms. The lowest BCUT2D eigenvalue weighted by atomic mass is 10.1. The monoisotopic (exact) mass is 350 g/mol. The fourth-order valence-corrected chi connectivity index (χ4v) is 3.58. The first-order chi connectivity index (χ1) is 11.3. The van der Waals surface area contributed by atoms with Crippen LogP contribution in [-0.4, -0.2) is 19.2 Å². The zero-order valence-electron chi connectivity index (χ0n) is 12.8. The SMILES string of the molecule is Clc1cc2c(c(CSCCCOc3ccccc3)c1)OCOC2. The Balaban J connectivity index is 1.43. The van der Waals surface area contributed by atoms with Crippen LogP contribution in [0.25, 0.3) is 0 Å². The number of rotatable bonds is 7. The molecular formula is C18H19ClO3S. The minimum Gasteiger partial charge on any atom is -0.494 e. The van der Waals surface area contributed by atoms with Crippen molar-refractivity contribution in [3.8, 4) is 11.5 Å². The highest BCUT2D eigenvalue weighted by atomic mass is 35.5. The highest BCUT2D eigenvalue weighted by molar-refractivity contribution is 7.98. The highest BCUT2D eigenvalue weighted by Gasteiger charge is 2.16. The summed E-state index contributed by atoms with van der Waals surface area (Å²) < 4.78 is 16.6. The van der Waals surface area contributed by atoms with Gasteiger partial charge in [-0.1, -0.05) is 29.8 Å². The first-order valence-corrected chi connectivity index (χ1v) is 9.13. The summed E-state index contributed by atoms with van der Waals surface area (Å²) in [6.45, 7) is 1.62. The average molecular weight is 351 g/mol. The van der Waals surface area contributed by atoms with Gasteiger partial charge in [0.2, 0.25) is 0 Å². The predicted octanol–water partition coefficient (Wildman–Crippen LogP) is 4.91. The Kier molecular flexibility index (Phi) is 6.08. The van der Waals surface area contributed by atoms with Gasteiger partial charge in [0.05, 0.1) is 13.2 Å². The molecule has 0 saturated carbocycles. The van der Waals surface area contributed by atoms with Crippen LogP contribution in [0.2, 0.25) is 5.02 Å². The number of halogens is 1. The van der Waals surface area contributed by atoms with Crippen LogP contribution in [0.15, 0.2) is 42.5 Å². The molecule has 0 N–H and O–H groups in total. The second-order valence-electron chi connectivity index (χ2n) is 5.23. The van der Waals surface area contributed by atoms with Crippen LogP contribution in [-0.2, 0) is 17.1 Å². The lowest BCUT2D eigenvalue weighted by molar-refractivity contribution is -0.0168. The third kappa shape index (κ3) is 4.80. The number of benzene rings is 2. The molecule has 0 bridgehead atoms. The maximum atomic E-state index is 6.17. The Morgan fingerprint density at radius 3 is 2.91 bits per heavy atom. The molecule has 1 heterocycles. The molecule has 0 amide bonds. The highest BCUT2D eigenvalue weighted by Crippen LogP contribution is 2.33. The number of fused-ring (bicyclic) bond motifs is 1. The number of hydrogen-bond acceptors (Lipinski definition) is 4. The van der Waals surface area contributed by atoms with Gasteiger partial charge in [0.1, 0.15) is 11.5 Å². The first-order valence-electron chi connectivity index (χ1n) is 7.60. The molecule has 122 valence electrons. The maximum Gasteiger partial charge on any atom is 0.189 e. The molecule has 0 unspecified atom stereocenters. The number of para-hydroxylation sites is 1. The summed E-state index contributed by atoms with van der Waals surface area (Å²) in [5, 5.41) is 0.737. The van der Waals surface area contributed by atoms with E-state index in [0.717, 1.165) is 52.2 Å². The van der Waals surface area contributed by atoms with Gasteiger partial charge in [0.15, 0.2) is 6.79 Å². The fraction of sp³-hybridized carbons (Fsp3) is 0.333. The van der Waals surface area contributed by atoms with Gasteiger partial charge >= 0.3 is 0 Å². The van der Waals surface area contributed by atoms with Gasteiger partial charge in [0.25, 0.3) is 0 Å². The smallest absolute Gasteiger partial charge is 0.189 e. The largest absolute Gasteiger partial charge is 0.494 e. The van der Waals surface area contributed by atoms with Crippen LogP contribution in [0.5, 0.6) is 11.5 Å². The van der Waals surface area contributed by atoms with Gasteiger partial charge in [-0.15, -0.1) is 0 Å². The number of thioether (sulfide) groups is 1. The van der Waals surface area contributed by atoms with Gasteiger partial charge in [-0.3, -0.25) is 0 Å². The Morgan fingerprint density at radius 1 is 1.17 bits per heavy atom. The fourth-order valence-electron chi connectivity index (χ4n) is 2.41. The summed E-state index contributed by atoms with van der Waals surface area (Å²) in [6.07, 6.45) is 1.01. The molecule has 0 fully saturated rings. The molecule has 1 aliphatic heterocycles. The lowest BCUT2D eigenvalue weighted by Crippen LogP contribution is -2.13. The van der Waals surface area contributed by atoms with E-state index in [4.69, 9.17) is 25.8 Å². The first kappa shape index (κ1) is 16.5. The van der Waals surface area contributed by atoms with Gasteiger partial charge in [-0.25, -0.2) is 0 Å². The minimum atomic E-state index is 0.317. The molecule has 1 aliphatic rings. The van der Waals surface area contributed by atoms with Crippen LogP contribution in [0.4, 0.5) is 0 Å². The molecule has 2 aromatic rings. The maximum absolute atomic E-state index is 6.17. The van der Waals surface area contributed by atoms with E-state index in [9.17, 15) is 0 Å². The molecular weight excluding hydrogens is 332 g/mol. The topological polar surface area (TPSA) is 27.7 Å². The van der Waals surface area contributed by atoms with E-state index in [1.165, 1.54) is 0 Å². The van der Waals surface area contributed by atoms with Crippen molar-refractivity contribution in [1.29, 1.82) is 0 Å². The summed E-state index contributed by atoms with van der Waals surface area (Å²) in [6, 6.07) is 13.8. The summed E-state index contributed by atoms with van der Waals surface area (Å²) >= 11 is 8.04. The molecule has 0 spiro atoms. The van der Waals surface area contributed by atoms with Crippen molar-refractivity contribution in [3.05, 3.63) is 58.6 Å². The van der Waals surface area contributed by atoms with E-state index in [-0.39, 0.29) is 0 Å². The Labute approximate surface area is 145 Å². The van der Waals surface area contributed by atoms with Crippen LogP contribution in [0.1, 0.15) is 17.5 Å². The molecule has 3 rings (SSSR count). The normalized spacial score (nSPS) is 13.3. The van der Waals surface area contributed by atoms with Crippen molar-refractivity contribution in [2.75, 3.05) is 19.2 Å². The van der Waals surface area contributed by atoms with Crippen LogP contribution < -0.4 is 9.47 Å². The molecule has 2 aromatic carbocycles. The molecule has 0 atom stereocenters. The summed E-state index contributed by atoms with van der Waals surface area (Å²) in [5.74, 6) is 3.78. The molecule has 5 heteroatoms. The van der Waals surface area contributed by atoms with Gasteiger partial charge in [-0.2, -0.15) is 11.8 Å². The van der Waals surface area contributed by atoms with Gasteiger partial charge in [0, 0.05) is 21.9 Å². The van der Waals surface area contributed by atoms with Crippen molar-refractivity contribution in [1.82, 2.24) is 0 Å². The minimum absolute atomic E-state index is 0.317. The van der Waals surface area contributed by atoms with Gasteiger partial charge in [-0.05, 0) is 36.4 Å². The van der Waals surface area contributed by atoms with Crippen LogP contribution >= 0.6 is 23.4 Å². The van der Waals surface area contributed by atoms with E-state index in [1.807, 2.05) is 54.2 Å². The van der Waals surface area contributed by atoms with Crippen molar-refractivity contribution >= 4 is 23.4 Å². The average Bonchev–Trinajstić information content (AvgIpc) is 2.58. The standard InChI is InChI=1S/C18H19ClO3S/c19-16-9-14-11-20-13-22-18(14)15(10-16)12-23-8-4-7-21-17-5-2-1-3-6-17/h1-3,5-6,9-10H,4,7-8,11-13H2. The predicted molar refractivity (Wildman–Crippen MR) is 94.5 cm³/mol. The summed E-state index contributed by atoms with van der Waals surface area (Å²) in [4.78, 5) is 0. The lowest BCUT2D eigenvalue weighted by Gasteiger charge is -2.21. The molecule has 0 aliphatic carbocycles. The second kappa shape index (κ2) is 8.48. The third-order valence-corrected chi connectivity index (χ3v) is 4.76. The molecule has 0 aromatic heterocycles. The van der Waals surface area contributed by atoms with E-state index in [0.29, 0.717) is 13.4 Å². The molecule has 3 nitrogen and oxygen atoms in total. The van der Waals surface area contributed by atoms with Crippen molar-refractivity contribution < 1.29 is 14.2 Å². The van der Waals surface area contributed by atoms with Crippen molar-refractivity contribution in [2.45, 2.75) is 18.8 Å². The third-order valence-electron chi connectivity index (χ3n) is 3.45. The number of ether oxygens (including phenoxy) is 3. The second-order valence-corrected chi connectivity index (χ2v) is 6.77. The van der Waals surface area contributed by atoms with E-state index in [2.05, 4.69) is 0 Å². The number of hydrogen-bond donors (Lipinski definition) is 0. The summed E-state index contributed by atoms with van der Waals surface area (Å²) in [5.41, 5.74) is 2.18. The van der Waals surface area contributed by atoms with E-state index >= 15 is 0 Å². The Bertz CT molecular complexity index is 634. The van der Waals surface area contributed by atoms with Crippen molar-refractivity contribution in [3.63, 3.8) is 0 Å². The Morgan fingerprint density at radius 2 is 2.04 bits per heavy atom. The zero-order chi connectivity index (χ0) is 15.9. The van der Waals surface area contributed by atoms with Crippen molar-refractivity contribution in [2.24, 2.45) is 0 Å².